The monoisotopic (exact) mass is 474 g/mol. The Morgan fingerprint density at radius 2 is 1.97 bits per heavy atom. The van der Waals surface area contributed by atoms with E-state index in [-0.39, 0.29) is 5.50 Å². The number of rotatable bonds is 3. The molecule has 4 aliphatic rings. The number of benzene rings is 1. The number of nitrogens with two attached hydrogens (primary N) is 1. The third kappa shape index (κ3) is 4.19. The molecule has 1 aliphatic carbocycles. The predicted octanol–water partition coefficient (Wildman–Crippen LogP) is 3.90. The van der Waals surface area contributed by atoms with Crippen molar-refractivity contribution in [3.8, 4) is 6.07 Å². The zero-order valence-electron chi connectivity index (χ0n) is 20.2. The van der Waals surface area contributed by atoms with Crippen LogP contribution in [0.4, 0.5) is 0 Å². The van der Waals surface area contributed by atoms with Crippen LogP contribution in [-0.4, -0.2) is 61.3 Å². The second-order valence-corrected chi connectivity index (χ2v) is 10.9. The smallest absolute Gasteiger partial charge is 0.135 e. The summed E-state index contributed by atoms with van der Waals surface area (Å²) in [5, 5.41) is 12.9. The van der Waals surface area contributed by atoms with E-state index < -0.39 is 0 Å². The van der Waals surface area contributed by atoms with Crippen LogP contribution in [0.1, 0.15) is 43.2 Å². The summed E-state index contributed by atoms with van der Waals surface area (Å²) in [5.74, 6) is 0. The first kappa shape index (κ1) is 23.2. The number of thioether (sulfide) groups is 1. The van der Waals surface area contributed by atoms with Gasteiger partial charge in [-0.15, -0.1) is 0 Å². The number of nitriles is 1. The number of nitrogens with one attached hydrogen (secondary N) is 1. The SMILES string of the molecule is CN=C1CCC(C2=C(c3ccc(C#N)cc3)N(C)C(N3CCC4(CCNC4)CC3)S2)=CC1=CN. The highest BCUT2D eigenvalue weighted by Gasteiger charge is 2.42. The third-order valence-electron chi connectivity index (χ3n) is 7.95. The molecule has 1 aromatic rings. The van der Waals surface area contributed by atoms with Gasteiger partial charge < -0.3 is 16.0 Å². The average molecular weight is 475 g/mol. The maximum Gasteiger partial charge on any atom is 0.135 e. The maximum atomic E-state index is 9.28. The van der Waals surface area contributed by atoms with Crippen LogP contribution in [0.2, 0.25) is 0 Å². The van der Waals surface area contributed by atoms with Crippen molar-refractivity contribution in [3.05, 3.63) is 63.7 Å². The molecule has 3 N–H and O–H groups in total. The van der Waals surface area contributed by atoms with Crippen LogP contribution >= 0.6 is 11.8 Å². The van der Waals surface area contributed by atoms with E-state index in [0.29, 0.717) is 11.0 Å². The van der Waals surface area contributed by atoms with Gasteiger partial charge in [-0.1, -0.05) is 23.9 Å². The standard InChI is InChI=1S/C27H34N6S/c1-30-23-8-7-21(15-22(23)17-29)25-24(20-5-3-19(16-28)4-6-20)32(2)26(34-25)33-13-10-27(11-14-33)9-12-31-18-27/h3-6,15,17,26,31H,7-14,18,29H2,1-2H3. The van der Waals surface area contributed by atoms with Gasteiger partial charge in [-0.2, -0.15) is 5.26 Å². The van der Waals surface area contributed by atoms with Gasteiger partial charge in [0.1, 0.15) is 5.50 Å². The van der Waals surface area contributed by atoms with E-state index in [0.717, 1.165) is 42.8 Å². The Morgan fingerprint density at radius 1 is 1.21 bits per heavy atom. The van der Waals surface area contributed by atoms with Gasteiger partial charge in [0, 0.05) is 56.1 Å². The highest BCUT2D eigenvalue weighted by molar-refractivity contribution is 8.04. The Balaban J connectivity index is 1.47. The van der Waals surface area contributed by atoms with Crippen molar-refractivity contribution in [3.63, 3.8) is 0 Å². The van der Waals surface area contributed by atoms with E-state index in [1.165, 1.54) is 48.5 Å². The van der Waals surface area contributed by atoms with Crippen molar-refractivity contribution < 1.29 is 0 Å². The van der Waals surface area contributed by atoms with Crippen LogP contribution in [-0.2, 0) is 0 Å². The van der Waals surface area contributed by atoms with E-state index in [4.69, 9.17) is 5.73 Å². The lowest BCUT2D eigenvalue weighted by atomic mass is 9.78. The van der Waals surface area contributed by atoms with Crippen LogP contribution < -0.4 is 11.1 Å². The molecule has 3 heterocycles. The molecule has 1 atom stereocenters. The molecule has 0 aromatic heterocycles. The quantitative estimate of drug-likeness (QED) is 0.692. The number of piperidine rings is 1. The fourth-order valence-corrected chi connectivity index (χ4v) is 7.36. The molecule has 0 bridgehead atoms. The fraction of sp³-hybridized carbons (Fsp3) is 0.481. The first-order valence-electron chi connectivity index (χ1n) is 12.3. The molecular formula is C27H34N6S. The van der Waals surface area contributed by atoms with Crippen LogP contribution in [0.5, 0.6) is 0 Å². The van der Waals surface area contributed by atoms with Gasteiger partial charge in [0.15, 0.2) is 0 Å². The summed E-state index contributed by atoms with van der Waals surface area (Å²) in [6.07, 6.45) is 9.63. The van der Waals surface area contributed by atoms with Crippen molar-refractivity contribution in [2.24, 2.45) is 16.1 Å². The van der Waals surface area contributed by atoms with E-state index in [2.05, 4.69) is 51.4 Å². The Morgan fingerprint density at radius 3 is 2.59 bits per heavy atom. The molecule has 1 unspecified atom stereocenters. The van der Waals surface area contributed by atoms with Crippen molar-refractivity contribution in [2.45, 2.75) is 37.6 Å². The number of likely N-dealkylation sites (tertiary alicyclic amines) is 1. The average Bonchev–Trinajstić information content (AvgIpc) is 3.48. The highest BCUT2D eigenvalue weighted by Crippen LogP contribution is 2.50. The lowest BCUT2D eigenvalue weighted by Crippen LogP contribution is -2.48. The van der Waals surface area contributed by atoms with Gasteiger partial charge in [-0.05, 0) is 73.4 Å². The Kier molecular flexibility index (Phi) is 6.57. The summed E-state index contributed by atoms with van der Waals surface area (Å²) in [7, 11) is 4.07. The van der Waals surface area contributed by atoms with Crippen LogP contribution in [0, 0.1) is 16.7 Å². The maximum absolute atomic E-state index is 9.28. The van der Waals surface area contributed by atoms with Crippen molar-refractivity contribution >= 4 is 23.2 Å². The second kappa shape index (κ2) is 9.61. The van der Waals surface area contributed by atoms with Gasteiger partial charge in [0.05, 0.1) is 17.3 Å². The molecule has 5 rings (SSSR count). The minimum atomic E-state index is 0.278. The zero-order valence-corrected chi connectivity index (χ0v) is 21.0. The van der Waals surface area contributed by atoms with E-state index in [1.54, 1.807) is 6.20 Å². The molecule has 1 aromatic carbocycles. The largest absolute Gasteiger partial charge is 0.404 e. The summed E-state index contributed by atoms with van der Waals surface area (Å²) in [6, 6.07) is 10.3. The van der Waals surface area contributed by atoms with Gasteiger partial charge in [0.25, 0.3) is 0 Å². The van der Waals surface area contributed by atoms with Gasteiger partial charge in [-0.3, -0.25) is 9.89 Å². The van der Waals surface area contributed by atoms with E-state index >= 15 is 0 Å². The summed E-state index contributed by atoms with van der Waals surface area (Å²) in [4.78, 5) is 10.9. The molecule has 1 spiro atoms. The fourth-order valence-electron chi connectivity index (χ4n) is 5.84. The number of allylic oxidation sites excluding steroid dienone is 3. The highest BCUT2D eigenvalue weighted by atomic mass is 32.2. The topological polar surface area (TPSA) is 80.7 Å². The summed E-state index contributed by atoms with van der Waals surface area (Å²) < 4.78 is 0. The second-order valence-electron chi connectivity index (χ2n) is 9.85. The first-order chi connectivity index (χ1) is 16.6. The molecule has 0 radical (unpaired) electrons. The Bertz CT molecular complexity index is 1090. The van der Waals surface area contributed by atoms with E-state index in [9.17, 15) is 5.26 Å². The molecule has 3 aliphatic heterocycles. The molecule has 2 fully saturated rings. The molecular weight excluding hydrogens is 440 g/mol. The summed E-state index contributed by atoms with van der Waals surface area (Å²) in [6.45, 7) is 4.62. The molecule has 0 saturated carbocycles. The molecule has 7 heteroatoms. The molecule has 2 saturated heterocycles. The van der Waals surface area contributed by atoms with Crippen LogP contribution in [0.3, 0.4) is 0 Å². The third-order valence-corrected chi connectivity index (χ3v) is 9.46. The normalized spacial score (nSPS) is 27.6. The first-order valence-corrected chi connectivity index (χ1v) is 13.1. The zero-order chi connectivity index (χ0) is 23.7. The number of hydrogen-bond acceptors (Lipinski definition) is 7. The van der Waals surface area contributed by atoms with Gasteiger partial charge in [0.2, 0.25) is 0 Å². The van der Waals surface area contributed by atoms with Crippen molar-refractivity contribution in [1.29, 1.82) is 5.26 Å². The van der Waals surface area contributed by atoms with Crippen molar-refractivity contribution in [2.75, 3.05) is 40.3 Å². The lowest BCUT2D eigenvalue weighted by Gasteiger charge is -2.43. The minimum Gasteiger partial charge on any atom is -0.404 e. The van der Waals surface area contributed by atoms with Crippen LogP contribution in [0.15, 0.2) is 57.6 Å². The van der Waals surface area contributed by atoms with E-state index in [1.807, 2.05) is 30.9 Å². The summed E-state index contributed by atoms with van der Waals surface area (Å²) >= 11 is 1.97. The number of hydrogen-bond donors (Lipinski definition) is 2. The van der Waals surface area contributed by atoms with Crippen molar-refractivity contribution in [1.82, 2.24) is 15.1 Å². The molecule has 0 amide bonds. The van der Waals surface area contributed by atoms with Gasteiger partial charge in [-0.25, -0.2) is 0 Å². The lowest BCUT2D eigenvalue weighted by molar-refractivity contribution is 0.0778. The minimum absolute atomic E-state index is 0.278. The number of aliphatic imine (C=N–C) groups is 1. The number of nitrogens with zero attached hydrogens (tertiary/aromatic N) is 4. The Hall–Kier alpha value is -2.53. The van der Waals surface area contributed by atoms with Crippen LogP contribution in [0.25, 0.3) is 5.70 Å². The van der Waals surface area contributed by atoms with Gasteiger partial charge >= 0.3 is 0 Å². The molecule has 6 nitrogen and oxygen atoms in total. The molecule has 34 heavy (non-hydrogen) atoms. The Labute approximate surface area is 207 Å². The predicted molar refractivity (Wildman–Crippen MR) is 141 cm³/mol. The summed E-state index contributed by atoms with van der Waals surface area (Å²) in [5.41, 5.74) is 13.3. The molecule has 178 valence electrons.